The molecule has 1 atom stereocenters. The molecule has 1 unspecified atom stereocenters. The Morgan fingerprint density at radius 3 is 2.76 bits per heavy atom. The standard InChI is InChI=1S/C15H22BrN/c1-5-8-17-15(9-11(2)3)13-10-12(4)6-7-14(13)16/h6-7,10,15,17H,2,5,8-9H2,1,3-4H3. The first-order chi connectivity index (χ1) is 8.04. The summed E-state index contributed by atoms with van der Waals surface area (Å²) in [6.07, 6.45) is 2.14. The van der Waals surface area contributed by atoms with Crippen molar-refractivity contribution in [2.75, 3.05) is 6.54 Å². The zero-order valence-electron chi connectivity index (χ0n) is 11.0. The molecule has 0 fully saturated rings. The molecule has 1 aromatic rings. The van der Waals surface area contributed by atoms with Gasteiger partial charge in [-0.2, -0.15) is 0 Å². The minimum Gasteiger partial charge on any atom is -0.310 e. The summed E-state index contributed by atoms with van der Waals surface area (Å²) in [5.74, 6) is 0. The molecule has 0 heterocycles. The van der Waals surface area contributed by atoms with Crippen molar-refractivity contribution in [3.05, 3.63) is 46.0 Å². The van der Waals surface area contributed by atoms with Gasteiger partial charge >= 0.3 is 0 Å². The van der Waals surface area contributed by atoms with Gasteiger partial charge in [0.1, 0.15) is 0 Å². The molecule has 1 N–H and O–H groups in total. The number of hydrogen-bond donors (Lipinski definition) is 1. The number of hydrogen-bond acceptors (Lipinski definition) is 1. The van der Waals surface area contributed by atoms with E-state index in [0.717, 1.165) is 19.4 Å². The topological polar surface area (TPSA) is 12.0 Å². The van der Waals surface area contributed by atoms with Gasteiger partial charge in [-0.25, -0.2) is 0 Å². The van der Waals surface area contributed by atoms with Crippen LogP contribution < -0.4 is 5.32 Å². The molecule has 0 bridgehead atoms. The predicted octanol–water partition coefficient (Wildman–Crippen LogP) is 4.76. The second-order valence-corrected chi connectivity index (χ2v) is 5.55. The quantitative estimate of drug-likeness (QED) is 0.746. The highest BCUT2D eigenvalue weighted by Crippen LogP contribution is 2.28. The van der Waals surface area contributed by atoms with Crippen molar-refractivity contribution in [2.45, 2.75) is 39.7 Å². The van der Waals surface area contributed by atoms with Crippen LogP contribution in [0.15, 0.2) is 34.8 Å². The Morgan fingerprint density at radius 2 is 2.18 bits per heavy atom. The van der Waals surface area contributed by atoms with Crippen molar-refractivity contribution >= 4 is 15.9 Å². The van der Waals surface area contributed by atoms with Crippen LogP contribution >= 0.6 is 15.9 Å². The number of benzene rings is 1. The molecule has 0 aromatic heterocycles. The normalized spacial score (nSPS) is 12.5. The van der Waals surface area contributed by atoms with E-state index >= 15 is 0 Å². The molecule has 1 aromatic carbocycles. The molecule has 0 aliphatic heterocycles. The summed E-state index contributed by atoms with van der Waals surface area (Å²) in [6, 6.07) is 6.87. The molecule has 0 aliphatic carbocycles. The van der Waals surface area contributed by atoms with E-state index < -0.39 is 0 Å². The third kappa shape index (κ3) is 4.64. The molecular weight excluding hydrogens is 274 g/mol. The van der Waals surface area contributed by atoms with E-state index in [1.54, 1.807) is 0 Å². The Labute approximate surface area is 113 Å². The van der Waals surface area contributed by atoms with E-state index in [-0.39, 0.29) is 0 Å². The molecule has 17 heavy (non-hydrogen) atoms. The van der Waals surface area contributed by atoms with Gasteiger partial charge in [0.2, 0.25) is 0 Å². The highest BCUT2D eigenvalue weighted by molar-refractivity contribution is 9.10. The lowest BCUT2D eigenvalue weighted by molar-refractivity contribution is 0.526. The molecular formula is C15H22BrN. The third-order valence-corrected chi connectivity index (χ3v) is 3.44. The average molecular weight is 296 g/mol. The summed E-state index contributed by atoms with van der Waals surface area (Å²) >= 11 is 3.64. The maximum Gasteiger partial charge on any atom is 0.0368 e. The van der Waals surface area contributed by atoms with Gasteiger partial charge in [-0.1, -0.05) is 46.1 Å². The maximum absolute atomic E-state index is 4.03. The molecule has 2 heteroatoms. The third-order valence-electron chi connectivity index (χ3n) is 2.72. The van der Waals surface area contributed by atoms with E-state index in [9.17, 15) is 0 Å². The first-order valence-corrected chi connectivity index (χ1v) is 6.97. The number of nitrogens with one attached hydrogen (secondary N) is 1. The van der Waals surface area contributed by atoms with Crippen LogP contribution in [0.2, 0.25) is 0 Å². The SMILES string of the molecule is C=C(C)CC(NCCC)c1cc(C)ccc1Br. The molecule has 1 rings (SSSR count). The van der Waals surface area contributed by atoms with E-state index in [1.165, 1.54) is 21.2 Å². The lowest BCUT2D eigenvalue weighted by Gasteiger charge is -2.21. The fourth-order valence-electron chi connectivity index (χ4n) is 1.89. The van der Waals surface area contributed by atoms with Crippen LogP contribution in [0.1, 0.15) is 43.9 Å². The van der Waals surface area contributed by atoms with Crippen LogP contribution in [0.25, 0.3) is 0 Å². The maximum atomic E-state index is 4.03. The van der Waals surface area contributed by atoms with Crippen LogP contribution in [-0.4, -0.2) is 6.54 Å². The fourth-order valence-corrected chi connectivity index (χ4v) is 2.41. The second-order valence-electron chi connectivity index (χ2n) is 4.69. The minimum atomic E-state index is 0.363. The van der Waals surface area contributed by atoms with Gasteiger partial charge in [-0.05, 0) is 44.9 Å². The fraction of sp³-hybridized carbons (Fsp3) is 0.467. The van der Waals surface area contributed by atoms with Crippen molar-refractivity contribution in [1.29, 1.82) is 0 Å². The lowest BCUT2D eigenvalue weighted by Crippen LogP contribution is -2.22. The summed E-state index contributed by atoms with van der Waals surface area (Å²) in [4.78, 5) is 0. The summed E-state index contributed by atoms with van der Waals surface area (Å²) < 4.78 is 1.18. The van der Waals surface area contributed by atoms with Gasteiger partial charge < -0.3 is 5.32 Å². The highest BCUT2D eigenvalue weighted by atomic mass is 79.9. The number of halogens is 1. The van der Waals surface area contributed by atoms with Gasteiger partial charge in [0.05, 0.1) is 0 Å². The number of rotatable bonds is 6. The highest BCUT2D eigenvalue weighted by Gasteiger charge is 2.13. The lowest BCUT2D eigenvalue weighted by atomic mass is 9.98. The van der Waals surface area contributed by atoms with Crippen molar-refractivity contribution in [3.8, 4) is 0 Å². The molecule has 0 saturated carbocycles. The first-order valence-electron chi connectivity index (χ1n) is 6.18. The van der Waals surface area contributed by atoms with Crippen molar-refractivity contribution < 1.29 is 0 Å². The van der Waals surface area contributed by atoms with Crippen molar-refractivity contribution in [3.63, 3.8) is 0 Å². The molecule has 0 aliphatic rings. The Kier molecular flexibility index (Phi) is 5.93. The molecule has 1 nitrogen and oxygen atoms in total. The Morgan fingerprint density at radius 1 is 1.47 bits per heavy atom. The van der Waals surface area contributed by atoms with Crippen molar-refractivity contribution in [2.24, 2.45) is 0 Å². The summed E-state index contributed by atoms with van der Waals surface area (Å²) in [7, 11) is 0. The van der Waals surface area contributed by atoms with Crippen LogP contribution in [0.3, 0.4) is 0 Å². The predicted molar refractivity (Wildman–Crippen MR) is 79.3 cm³/mol. The van der Waals surface area contributed by atoms with Gasteiger partial charge in [0.25, 0.3) is 0 Å². The minimum absolute atomic E-state index is 0.363. The van der Waals surface area contributed by atoms with Crippen LogP contribution in [0.5, 0.6) is 0 Å². The largest absolute Gasteiger partial charge is 0.310 e. The smallest absolute Gasteiger partial charge is 0.0368 e. The summed E-state index contributed by atoms with van der Waals surface area (Å²) in [5, 5.41) is 3.59. The Balaban J connectivity index is 2.93. The average Bonchev–Trinajstić information content (AvgIpc) is 2.27. The van der Waals surface area contributed by atoms with E-state index in [0.29, 0.717) is 6.04 Å². The van der Waals surface area contributed by atoms with Gasteiger partial charge in [-0.15, -0.1) is 6.58 Å². The first kappa shape index (κ1) is 14.5. The Hall–Kier alpha value is -0.600. The Bertz CT molecular complexity index is 385. The molecule has 0 amide bonds. The summed E-state index contributed by atoms with van der Waals surface area (Å²) in [5.41, 5.74) is 3.85. The number of aryl methyl sites for hydroxylation is 1. The van der Waals surface area contributed by atoms with E-state index in [4.69, 9.17) is 0 Å². The van der Waals surface area contributed by atoms with Gasteiger partial charge in [0, 0.05) is 10.5 Å². The van der Waals surface area contributed by atoms with Crippen LogP contribution in [0, 0.1) is 6.92 Å². The van der Waals surface area contributed by atoms with Gasteiger partial charge in [-0.3, -0.25) is 0 Å². The molecule has 94 valence electrons. The van der Waals surface area contributed by atoms with E-state index in [2.05, 4.69) is 66.8 Å². The molecule has 0 saturated heterocycles. The van der Waals surface area contributed by atoms with Gasteiger partial charge in [0.15, 0.2) is 0 Å². The molecule has 0 spiro atoms. The monoisotopic (exact) mass is 295 g/mol. The van der Waals surface area contributed by atoms with Crippen LogP contribution in [0.4, 0.5) is 0 Å². The molecule has 0 radical (unpaired) electrons. The summed E-state index contributed by atoms with van der Waals surface area (Å²) in [6.45, 7) is 11.5. The van der Waals surface area contributed by atoms with Crippen LogP contribution in [-0.2, 0) is 0 Å². The van der Waals surface area contributed by atoms with Crippen molar-refractivity contribution in [1.82, 2.24) is 5.32 Å². The zero-order chi connectivity index (χ0) is 12.8. The second kappa shape index (κ2) is 6.97. The van der Waals surface area contributed by atoms with E-state index in [1.807, 2.05) is 0 Å². The zero-order valence-corrected chi connectivity index (χ0v) is 12.6.